The van der Waals surface area contributed by atoms with Crippen molar-refractivity contribution in [1.29, 1.82) is 0 Å². The molecule has 0 saturated heterocycles. The van der Waals surface area contributed by atoms with E-state index in [0.717, 1.165) is 69.6 Å². The minimum atomic E-state index is -0.762. The van der Waals surface area contributed by atoms with Crippen LogP contribution in [0.25, 0.3) is 0 Å². The van der Waals surface area contributed by atoms with Gasteiger partial charge in [-0.05, 0) is 31.1 Å². The highest BCUT2D eigenvalue weighted by Gasteiger charge is 2.19. The van der Waals surface area contributed by atoms with E-state index in [1.807, 2.05) is 0 Å². The van der Waals surface area contributed by atoms with Crippen LogP contribution < -0.4 is 0 Å². The molecule has 0 aromatic carbocycles. The molecule has 0 spiro atoms. The fraction of sp³-hybridized carbons (Fsp3) is 0.944. The molecule has 0 aliphatic carbocycles. The minimum absolute atomic E-state index is 0.0639. The molecule has 6 nitrogen and oxygen atoms in total. The third-order valence-corrected chi connectivity index (χ3v) is 12.6. The maximum absolute atomic E-state index is 12.8. The molecule has 60 heavy (non-hydrogen) atoms. The average Bonchev–Trinajstić information content (AvgIpc) is 3.23. The Morgan fingerprint density at radius 1 is 0.350 bits per heavy atom. The number of carbonyl (C=O) groups is 3. The Kier molecular flexibility index (Phi) is 45.7. The first-order valence-electron chi connectivity index (χ1n) is 26.8. The van der Waals surface area contributed by atoms with E-state index in [4.69, 9.17) is 14.2 Å². The monoisotopic (exact) mass is 849 g/mol. The molecule has 1 unspecified atom stereocenters. The van der Waals surface area contributed by atoms with Crippen molar-refractivity contribution in [3.8, 4) is 0 Å². The number of esters is 3. The Balaban J connectivity index is 4.29. The van der Waals surface area contributed by atoms with Crippen molar-refractivity contribution < 1.29 is 28.6 Å². The minimum Gasteiger partial charge on any atom is -0.462 e. The molecule has 0 aromatic rings. The van der Waals surface area contributed by atoms with Gasteiger partial charge in [-0.1, -0.05) is 259 Å². The van der Waals surface area contributed by atoms with Crippen LogP contribution in [-0.4, -0.2) is 37.2 Å². The highest BCUT2D eigenvalue weighted by atomic mass is 16.6. The van der Waals surface area contributed by atoms with Gasteiger partial charge in [0.15, 0.2) is 6.10 Å². The molecule has 0 aliphatic rings. The van der Waals surface area contributed by atoms with E-state index in [2.05, 4.69) is 34.6 Å². The summed E-state index contributed by atoms with van der Waals surface area (Å²) in [5.74, 6) is 0.815. The molecule has 0 bridgehead atoms. The van der Waals surface area contributed by atoms with Crippen molar-refractivity contribution in [2.45, 2.75) is 304 Å². The van der Waals surface area contributed by atoms with E-state index >= 15 is 0 Å². The van der Waals surface area contributed by atoms with Crippen LogP contribution in [0.5, 0.6) is 0 Å². The van der Waals surface area contributed by atoms with Gasteiger partial charge in [0, 0.05) is 19.3 Å². The quantitative estimate of drug-likeness (QED) is 0.0345. The summed E-state index contributed by atoms with van der Waals surface area (Å²) >= 11 is 0. The van der Waals surface area contributed by atoms with E-state index in [-0.39, 0.29) is 31.1 Å². The third-order valence-electron chi connectivity index (χ3n) is 12.6. The predicted molar refractivity (Wildman–Crippen MR) is 256 cm³/mol. The second-order valence-electron chi connectivity index (χ2n) is 19.2. The lowest BCUT2D eigenvalue weighted by atomic mass is 9.99. The predicted octanol–water partition coefficient (Wildman–Crippen LogP) is 17.3. The van der Waals surface area contributed by atoms with Gasteiger partial charge in [0.2, 0.25) is 0 Å². The van der Waals surface area contributed by atoms with Crippen molar-refractivity contribution in [3.63, 3.8) is 0 Å². The summed E-state index contributed by atoms with van der Waals surface area (Å²) < 4.78 is 16.8. The van der Waals surface area contributed by atoms with Gasteiger partial charge in [-0.2, -0.15) is 0 Å². The van der Waals surface area contributed by atoms with Gasteiger partial charge >= 0.3 is 17.9 Å². The molecule has 0 aromatic heterocycles. The molecule has 0 N–H and O–H groups in total. The van der Waals surface area contributed by atoms with E-state index in [0.29, 0.717) is 19.3 Å². The van der Waals surface area contributed by atoms with Crippen LogP contribution in [0.1, 0.15) is 298 Å². The summed E-state index contributed by atoms with van der Waals surface area (Å²) in [7, 11) is 0. The summed E-state index contributed by atoms with van der Waals surface area (Å²) in [6.45, 7) is 11.4. The van der Waals surface area contributed by atoms with Crippen LogP contribution in [0, 0.1) is 11.8 Å². The second-order valence-corrected chi connectivity index (χ2v) is 19.2. The molecular weight excluding hydrogens is 745 g/mol. The van der Waals surface area contributed by atoms with Crippen LogP contribution in [0.15, 0.2) is 0 Å². The fourth-order valence-electron chi connectivity index (χ4n) is 8.13. The van der Waals surface area contributed by atoms with Gasteiger partial charge in [-0.25, -0.2) is 0 Å². The van der Waals surface area contributed by atoms with Crippen molar-refractivity contribution in [1.82, 2.24) is 0 Å². The molecule has 0 amide bonds. The highest BCUT2D eigenvalue weighted by molar-refractivity contribution is 5.71. The molecule has 356 valence electrons. The topological polar surface area (TPSA) is 78.9 Å². The zero-order valence-corrected chi connectivity index (χ0v) is 41.1. The molecule has 2 atom stereocenters. The molecule has 0 radical (unpaired) electrons. The van der Waals surface area contributed by atoms with Crippen LogP contribution in [0.3, 0.4) is 0 Å². The number of unbranched alkanes of at least 4 members (excludes halogenated alkanes) is 32. The number of hydrogen-bond donors (Lipinski definition) is 0. The molecule has 0 saturated carbocycles. The molecule has 0 fully saturated rings. The van der Waals surface area contributed by atoms with Crippen molar-refractivity contribution >= 4 is 17.9 Å². The maximum atomic E-state index is 12.8. The maximum Gasteiger partial charge on any atom is 0.306 e. The van der Waals surface area contributed by atoms with E-state index in [1.165, 1.54) is 186 Å². The summed E-state index contributed by atoms with van der Waals surface area (Å²) in [6, 6.07) is 0. The Hall–Kier alpha value is -1.59. The third kappa shape index (κ3) is 45.9. The summed E-state index contributed by atoms with van der Waals surface area (Å²) in [5.41, 5.74) is 0. The van der Waals surface area contributed by atoms with Crippen molar-refractivity contribution in [2.24, 2.45) is 11.8 Å². The lowest BCUT2D eigenvalue weighted by Crippen LogP contribution is -2.30. The van der Waals surface area contributed by atoms with Crippen LogP contribution >= 0.6 is 0 Å². The van der Waals surface area contributed by atoms with E-state index < -0.39 is 6.10 Å². The average molecular weight is 849 g/mol. The number of carbonyl (C=O) groups excluding carboxylic acids is 3. The molecule has 6 heteroatoms. The smallest absolute Gasteiger partial charge is 0.306 e. The zero-order valence-electron chi connectivity index (χ0n) is 41.1. The lowest BCUT2D eigenvalue weighted by Gasteiger charge is -2.18. The number of ether oxygens (including phenoxy) is 3. The molecule has 0 rings (SSSR count). The van der Waals surface area contributed by atoms with Gasteiger partial charge in [0.05, 0.1) is 0 Å². The SMILES string of the molecule is CCCCCCCCCCCCCCCCCCCC(=O)OC[C@H](COC(=O)CCCCCCCCCCC(C)C)OC(=O)CCCCCCCCCCCCC(C)CC. The van der Waals surface area contributed by atoms with E-state index in [1.54, 1.807) is 0 Å². The molecule has 0 aliphatic heterocycles. The Morgan fingerprint density at radius 3 is 0.950 bits per heavy atom. The fourth-order valence-corrected chi connectivity index (χ4v) is 8.13. The van der Waals surface area contributed by atoms with Gasteiger partial charge in [0.25, 0.3) is 0 Å². The lowest BCUT2D eigenvalue weighted by molar-refractivity contribution is -0.167. The van der Waals surface area contributed by atoms with Gasteiger partial charge < -0.3 is 14.2 Å². The summed E-state index contributed by atoms with van der Waals surface area (Å²) in [5, 5.41) is 0. The van der Waals surface area contributed by atoms with Crippen LogP contribution in [0.4, 0.5) is 0 Å². The first-order valence-corrected chi connectivity index (χ1v) is 26.8. The normalized spacial score (nSPS) is 12.5. The van der Waals surface area contributed by atoms with Gasteiger partial charge in [-0.15, -0.1) is 0 Å². The van der Waals surface area contributed by atoms with Crippen LogP contribution in [-0.2, 0) is 28.6 Å². The Labute approximate surface area is 374 Å². The highest BCUT2D eigenvalue weighted by Crippen LogP contribution is 2.18. The summed E-state index contributed by atoms with van der Waals surface area (Å²) in [6.07, 6.45) is 48.0. The Bertz CT molecular complexity index is 918. The summed E-state index contributed by atoms with van der Waals surface area (Å²) in [4.78, 5) is 38.0. The molecular formula is C54H104O6. The second kappa shape index (κ2) is 46.9. The van der Waals surface area contributed by atoms with Crippen molar-refractivity contribution in [2.75, 3.05) is 13.2 Å². The number of rotatable bonds is 48. The van der Waals surface area contributed by atoms with Crippen LogP contribution in [0.2, 0.25) is 0 Å². The standard InChI is InChI=1S/C54H104O6/c1-6-8-9-10-11-12-13-14-15-16-17-18-19-23-29-34-39-44-52(55)58-47-51(48-59-53(56)45-40-35-30-26-25-27-32-37-42-49(3)4)60-54(57)46-41-36-31-24-21-20-22-28-33-38-43-50(5)7-2/h49-51H,6-48H2,1-5H3/t50?,51-/m1/s1. The van der Waals surface area contributed by atoms with Gasteiger partial charge in [0.1, 0.15) is 13.2 Å². The number of hydrogen-bond acceptors (Lipinski definition) is 6. The first-order chi connectivity index (χ1) is 29.3. The largest absolute Gasteiger partial charge is 0.462 e. The molecule has 0 heterocycles. The van der Waals surface area contributed by atoms with Gasteiger partial charge in [-0.3, -0.25) is 14.4 Å². The Morgan fingerprint density at radius 2 is 0.633 bits per heavy atom. The first kappa shape index (κ1) is 58.4. The van der Waals surface area contributed by atoms with E-state index in [9.17, 15) is 14.4 Å². The van der Waals surface area contributed by atoms with Crippen molar-refractivity contribution in [3.05, 3.63) is 0 Å². The zero-order chi connectivity index (χ0) is 44.0.